The Labute approximate surface area is 112 Å². The molecule has 0 aliphatic rings. The molecule has 0 unspecified atom stereocenters. The van der Waals surface area contributed by atoms with Gasteiger partial charge in [0.25, 0.3) is 0 Å². The van der Waals surface area contributed by atoms with Gasteiger partial charge in [-0.05, 0) is 37.1 Å². The van der Waals surface area contributed by atoms with Crippen molar-refractivity contribution in [2.45, 2.75) is 20.3 Å². The summed E-state index contributed by atoms with van der Waals surface area (Å²) < 4.78 is 0. The molecule has 1 aromatic heterocycles. The molecule has 0 saturated carbocycles. The van der Waals surface area contributed by atoms with Crippen LogP contribution in [0.4, 0.5) is 11.5 Å². The van der Waals surface area contributed by atoms with E-state index in [4.69, 9.17) is 5.73 Å². The van der Waals surface area contributed by atoms with Crippen LogP contribution in [0.15, 0.2) is 36.5 Å². The Kier molecular flexibility index (Phi) is 3.80. The van der Waals surface area contributed by atoms with Crippen LogP contribution in [-0.2, 0) is 11.2 Å². The number of aromatic nitrogens is 1. The molecule has 0 spiro atoms. The van der Waals surface area contributed by atoms with Crippen molar-refractivity contribution in [1.82, 2.24) is 4.98 Å². The van der Waals surface area contributed by atoms with E-state index in [1.807, 2.05) is 32.0 Å². The van der Waals surface area contributed by atoms with Gasteiger partial charge in [-0.3, -0.25) is 4.79 Å². The average Bonchev–Trinajstić information content (AvgIpc) is 2.37. The molecule has 4 nitrogen and oxygen atoms in total. The van der Waals surface area contributed by atoms with Crippen LogP contribution in [-0.4, -0.2) is 10.9 Å². The molecule has 0 aliphatic carbocycles. The number of benzene rings is 1. The molecule has 0 saturated heterocycles. The van der Waals surface area contributed by atoms with E-state index in [1.54, 1.807) is 12.1 Å². The molecular weight excluding hydrogens is 238 g/mol. The minimum Gasteiger partial charge on any atom is -0.397 e. The van der Waals surface area contributed by atoms with Crippen molar-refractivity contribution in [3.8, 4) is 0 Å². The van der Waals surface area contributed by atoms with Crippen LogP contribution >= 0.6 is 0 Å². The van der Waals surface area contributed by atoms with Crippen LogP contribution in [0.5, 0.6) is 0 Å². The van der Waals surface area contributed by atoms with Gasteiger partial charge in [-0.2, -0.15) is 0 Å². The molecule has 0 bridgehead atoms. The van der Waals surface area contributed by atoms with E-state index < -0.39 is 0 Å². The second-order valence-corrected chi connectivity index (χ2v) is 4.63. The normalized spacial score (nSPS) is 10.2. The molecule has 0 atom stereocenters. The first-order valence-electron chi connectivity index (χ1n) is 6.12. The molecule has 19 heavy (non-hydrogen) atoms. The number of rotatable bonds is 3. The highest BCUT2D eigenvalue weighted by Gasteiger charge is 2.07. The molecule has 0 radical (unpaired) electrons. The first-order valence-corrected chi connectivity index (χ1v) is 6.12. The summed E-state index contributed by atoms with van der Waals surface area (Å²) in [5.74, 6) is 0.440. The monoisotopic (exact) mass is 255 g/mol. The quantitative estimate of drug-likeness (QED) is 0.885. The summed E-state index contributed by atoms with van der Waals surface area (Å²) in [6.07, 6.45) is 1.87. The molecule has 1 amide bonds. The number of hydrogen-bond acceptors (Lipinski definition) is 3. The molecule has 1 aromatic carbocycles. The summed E-state index contributed by atoms with van der Waals surface area (Å²) in [6.45, 7) is 4.02. The van der Waals surface area contributed by atoms with Gasteiger partial charge < -0.3 is 11.1 Å². The molecule has 0 aliphatic heterocycles. The molecular formula is C15H17N3O. The maximum absolute atomic E-state index is 11.9. The van der Waals surface area contributed by atoms with Crippen LogP contribution in [0.1, 0.15) is 16.7 Å². The topological polar surface area (TPSA) is 68.0 Å². The SMILES string of the molecule is Cc1ccc(C)c(CC(=O)Nc2ccc(N)cn2)c1. The molecule has 4 heteroatoms. The van der Waals surface area contributed by atoms with Crippen LogP contribution in [0, 0.1) is 13.8 Å². The van der Waals surface area contributed by atoms with Crippen molar-refractivity contribution < 1.29 is 4.79 Å². The summed E-state index contributed by atoms with van der Waals surface area (Å²) in [5, 5.41) is 2.76. The smallest absolute Gasteiger partial charge is 0.229 e. The number of anilines is 2. The van der Waals surface area contributed by atoms with Gasteiger partial charge in [0.1, 0.15) is 5.82 Å². The van der Waals surface area contributed by atoms with E-state index in [0.29, 0.717) is 17.9 Å². The Balaban J connectivity index is 2.05. The summed E-state index contributed by atoms with van der Waals surface area (Å²) in [5.41, 5.74) is 9.42. The Morgan fingerprint density at radius 3 is 2.74 bits per heavy atom. The first kappa shape index (κ1) is 13.1. The van der Waals surface area contributed by atoms with Crippen molar-refractivity contribution in [3.63, 3.8) is 0 Å². The fourth-order valence-corrected chi connectivity index (χ4v) is 1.83. The van der Waals surface area contributed by atoms with Gasteiger partial charge >= 0.3 is 0 Å². The van der Waals surface area contributed by atoms with E-state index in [-0.39, 0.29) is 5.91 Å². The number of carbonyl (C=O) groups is 1. The minimum absolute atomic E-state index is 0.0778. The van der Waals surface area contributed by atoms with Crippen molar-refractivity contribution in [2.24, 2.45) is 0 Å². The van der Waals surface area contributed by atoms with E-state index in [0.717, 1.165) is 16.7 Å². The Morgan fingerprint density at radius 1 is 1.26 bits per heavy atom. The fraction of sp³-hybridized carbons (Fsp3) is 0.200. The van der Waals surface area contributed by atoms with Gasteiger partial charge in [-0.1, -0.05) is 23.8 Å². The van der Waals surface area contributed by atoms with Gasteiger partial charge in [0.05, 0.1) is 18.3 Å². The highest BCUT2D eigenvalue weighted by molar-refractivity contribution is 5.91. The minimum atomic E-state index is -0.0778. The van der Waals surface area contributed by atoms with Crippen LogP contribution in [0.25, 0.3) is 0 Å². The highest BCUT2D eigenvalue weighted by atomic mass is 16.1. The molecule has 2 rings (SSSR count). The Morgan fingerprint density at radius 2 is 2.05 bits per heavy atom. The van der Waals surface area contributed by atoms with Crippen molar-refractivity contribution in [3.05, 3.63) is 53.2 Å². The largest absolute Gasteiger partial charge is 0.397 e. The second-order valence-electron chi connectivity index (χ2n) is 4.63. The van der Waals surface area contributed by atoms with E-state index in [1.165, 1.54) is 6.20 Å². The summed E-state index contributed by atoms with van der Waals surface area (Å²) in [4.78, 5) is 16.0. The second kappa shape index (κ2) is 5.52. The first-order chi connectivity index (χ1) is 9.04. The van der Waals surface area contributed by atoms with Gasteiger partial charge in [0.2, 0.25) is 5.91 Å². The highest BCUT2D eigenvalue weighted by Crippen LogP contribution is 2.12. The number of pyridine rings is 1. The maximum Gasteiger partial charge on any atom is 0.229 e. The summed E-state index contributed by atoms with van der Waals surface area (Å²) in [7, 11) is 0. The zero-order chi connectivity index (χ0) is 13.8. The number of hydrogen-bond donors (Lipinski definition) is 2. The van der Waals surface area contributed by atoms with Crippen molar-refractivity contribution in [2.75, 3.05) is 11.1 Å². The zero-order valence-electron chi connectivity index (χ0n) is 11.1. The molecule has 98 valence electrons. The maximum atomic E-state index is 11.9. The lowest BCUT2D eigenvalue weighted by atomic mass is 10.0. The zero-order valence-corrected chi connectivity index (χ0v) is 11.1. The third-order valence-electron chi connectivity index (χ3n) is 2.91. The molecule has 0 fully saturated rings. The van der Waals surface area contributed by atoms with Gasteiger partial charge in [-0.15, -0.1) is 0 Å². The number of nitrogens with zero attached hydrogens (tertiary/aromatic N) is 1. The lowest BCUT2D eigenvalue weighted by Gasteiger charge is -2.08. The van der Waals surface area contributed by atoms with Gasteiger partial charge in [0, 0.05) is 0 Å². The van der Waals surface area contributed by atoms with Crippen molar-refractivity contribution >= 4 is 17.4 Å². The van der Waals surface area contributed by atoms with Gasteiger partial charge in [0.15, 0.2) is 0 Å². The molecule has 1 heterocycles. The number of nitrogens with one attached hydrogen (secondary N) is 1. The van der Waals surface area contributed by atoms with E-state index >= 15 is 0 Å². The van der Waals surface area contributed by atoms with E-state index in [9.17, 15) is 4.79 Å². The number of aryl methyl sites for hydroxylation is 2. The lowest BCUT2D eigenvalue weighted by Crippen LogP contribution is -2.16. The van der Waals surface area contributed by atoms with Crippen LogP contribution in [0.2, 0.25) is 0 Å². The average molecular weight is 255 g/mol. The van der Waals surface area contributed by atoms with E-state index in [2.05, 4.69) is 10.3 Å². The summed E-state index contributed by atoms with van der Waals surface area (Å²) in [6, 6.07) is 9.50. The number of nitrogen functional groups attached to an aromatic ring is 1. The predicted molar refractivity (Wildman–Crippen MR) is 76.9 cm³/mol. The summed E-state index contributed by atoms with van der Waals surface area (Å²) >= 11 is 0. The predicted octanol–water partition coefficient (Wildman–Crippen LogP) is 2.46. The Hall–Kier alpha value is -2.36. The van der Waals surface area contributed by atoms with Crippen LogP contribution in [0.3, 0.4) is 0 Å². The third-order valence-corrected chi connectivity index (χ3v) is 2.91. The van der Waals surface area contributed by atoms with Crippen LogP contribution < -0.4 is 11.1 Å². The third kappa shape index (κ3) is 3.55. The standard InChI is InChI=1S/C15H17N3O/c1-10-3-4-11(2)12(7-10)8-15(19)18-14-6-5-13(16)9-17-14/h3-7,9H,8,16H2,1-2H3,(H,17,18,19). The fourth-order valence-electron chi connectivity index (χ4n) is 1.83. The molecule has 2 aromatic rings. The van der Waals surface area contributed by atoms with Crippen molar-refractivity contribution in [1.29, 1.82) is 0 Å². The number of amides is 1. The number of carbonyl (C=O) groups excluding carboxylic acids is 1. The lowest BCUT2D eigenvalue weighted by molar-refractivity contribution is -0.115. The Bertz CT molecular complexity index is 591. The van der Waals surface area contributed by atoms with Gasteiger partial charge in [-0.25, -0.2) is 4.98 Å². The number of nitrogens with two attached hydrogens (primary N) is 1. The molecule has 3 N–H and O–H groups in total.